The van der Waals surface area contributed by atoms with Gasteiger partial charge in [-0.15, -0.1) is 0 Å². The van der Waals surface area contributed by atoms with E-state index in [0.717, 1.165) is 38.4 Å². The van der Waals surface area contributed by atoms with E-state index in [9.17, 15) is 4.79 Å². The Balaban J connectivity index is 1.89. The van der Waals surface area contributed by atoms with Crippen LogP contribution in [0.5, 0.6) is 0 Å². The molecule has 2 heterocycles. The van der Waals surface area contributed by atoms with Crippen LogP contribution in [0.1, 0.15) is 20.3 Å². The third kappa shape index (κ3) is 4.14. The molecule has 2 rings (SSSR count). The third-order valence-electron chi connectivity index (χ3n) is 3.85. The second-order valence-corrected chi connectivity index (χ2v) is 5.94. The Morgan fingerprint density at radius 3 is 2.52 bits per heavy atom. The van der Waals surface area contributed by atoms with Gasteiger partial charge in [0.15, 0.2) is 0 Å². The minimum atomic E-state index is -0.0481. The van der Waals surface area contributed by atoms with Gasteiger partial charge in [-0.05, 0) is 12.3 Å². The molecule has 1 aliphatic rings. The predicted octanol–water partition coefficient (Wildman–Crippen LogP) is 0.746. The summed E-state index contributed by atoms with van der Waals surface area (Å²) in [5.74, 6) is 1.52. The minimum Gasteiger partial charge on any atom is -0.352 e. The summed E-state index contributed by atoms with van der Waals surface area (Å²) in [6.07, 6.45) is 5.99. The fourth-order valence-corrected chi connectivity index (χ4v) is 2.74. The summed E-state index contributed by atoms with van der Waals surface area (Å²) in [5.41, 5.74) is 5.77. The normalized spacial score (nSPS) is 17.1. The van der Waals surface area contributed by atoms with Crippen LogP contribution in [0.4, 0.5) is 5.82 Å². The SMILES string of the molecule is CC(C)CC(CN)C(=O)N1CCN(c2cnccn2)CC1. The highest BCUT2D eigenvalue weighted by Gasteiger charge is 2.27. The molecule has 2 N–H and O–H groups in total. The number of carbonyl (C=O) groups excluding carboxylic acids is 1. The van der Waals surface area contributed by atoms with Crippen LogP contribution in [0.2, 0.25) is 0 Å². The lowest BCUT2D eigenvalue weighted by molar-refractivity contribution is -0.136. The van der Waals surface area contributed by atoms with Crippen molar-refractivity contribution >= 4 is 11.7 Å². The number of nitrogens with zero attached hydrogens (tertiary/aromatic N) is 4. The summed E-state index contributed by atoms with van der Waals surface area (Å²) in [4.78, 5) is 25.0. The number of hydrogen-bond acceptors (Lipinski definition) is 5. The molecule has 1 amide bonds. The Morgan fingerprint density at radius 1 is 1.29 bits per heavy atom. The van der Waals surface area contributed by atoms with Gasteiger partial charge in [-0.25, -0.2) is 4.98 Å². The average molecular weight is 291 g/mol. The van der Waals surface area contributed by atoms with Crippen LogP contribution in [0.15, 0.2) is 18.6 Å². The molecule has 1 aromatic rings. The van der Waals surface area contributed by atoms with Gasteiger partial charge in [0.2, 0.25) is 5.91 Å². The second kappa shape index (κ2) is 7.36. The van der Waals surface area contributed by atoms with Gasteiger partial charge in [-0.2, -0.15) is 0 Å². The van der Waals surface area contributed by atoms with Crippen LogP contribution in [-0.2, 0) is 4.79 Å². The molecule has 0 spiro atoms. The maximum absolute atomic E-state index is 12.5. The van der Waals surface area contributed by atoms with Crippen molar-refractivity contribution < 1.29 is 4.79 Å². The number of amides is 1. The minimum absolute atomic E-state index is 0.0481. The molecule has 116 valence electrons. The Bertz CT molecular complexity index is 443. The van der Waals surface area contributed by atoms with E-state index in [1.165, 1.54) is 0 Å². The zero-order valence-electron chi connectivity index (χ0n) is 12.9. The van der Waals surface area contributed by atoms with Crippen molar-refractivity contribution in [2.24, 2.45) is 17.6 Å². The second-order valence-electron chi connectivity index (χ2n) is 5.94. The fourth-order valence-electron chi connectivity index (χ4n) is 2.74. The molecule has 1 aromatic heterocycles. The van der Waals surface area contributed by atoms with E-state index in [0.29, 0.717) is 12.5 Å². The lowest BCUT2D eigenvalue weighted by atomic mass is 9.95. The quantitative estimate of drug-likeness (QED) is 0.866. The smallest absolute Gasteiger partial charge is 0.227 e. The summed E-state index contributed by atoms with van der Waals surface area (Å²) in [5, 5.41) is 0. The first-order valence-electron chi connectivity index (χ1n) is 7.61. The molecule has 0 aliphatic carbocycles. The summed E-state index contributed by atoms with van der Waals surface area (Å²) in [6.45, 7) is 7.73. The third-order valence-corrected chi connectivity index (χ3v) is 3.85. The van der Waals surface area contributed by atoms with Crippen molar-refractivity contribution in [3.05, 3.63) is 18.6 Å². The van der Waals surface area contributed by atoms with Gasteiger partial charge < -0.3 is 15.5 Å². The van der Waals surface area contributed by atoms with E-state index < -0.39 is 0 Å². The summed E-state index contributed by atoms with van der Waals surface area (Å²) in [7, 11) is 0. The van der Waals surface area contributed by atoms with E-state index in [4.69, 9.17) is 5.73 Å². The van der Waals surface area contributed by atoms with Crippen molar-refractivity contribution in [2.45, 2.75) is 20.3 Å². The van der Waals surface area contributed by atoms with Gasteiger partial charge in [0, 0.05) is 45.1 Å². The molecule has 0 saturated carbocycles. The van der Waals surface area contributed by atoms with Crippen molar-refractivity contribution in [3.8, 4) is 0 Å². The maximum Gasteiger partial charge on any atom is 0.227 e. The van der Waals surface area contributed by atoms with E-state index in [-0.39, 0.29) is 11.8 Å². The first-order valence-corrected chi connectivity index (χ1v) is 7.61. The van der Waals surface area contributed by atoms with Crippen LogP contribution in [0.3, 0.4) is 0 Å². The van der Waals surface area contributed by atoms with E-state index in [2.05, 4.69) is 28.7 Å². The van der Waals surface area contributed by atoms with Crippen LogP contribution >= 0.6 is 0 Å². The van der Waals surface area contributed by atoms with Crippen LogP contribution in [0.25, 0.3) is 0 Å². The first kappa shape index (κ1) is 15.7. The fraction of sp³-hybridized carbons (Fsp3) is 0.667. The molecule has 1 unspecified atom stereocenters. The molecule has 1 saturated heterocycles. The van der Waals surface area contributed by atoms with Gasteiger partial charge in [0.05, 0.1) is 12.1 Å². The molecule has 1 fully saturated rings. The van der Waals surface area contributed by atoms with Gasteiger partial charge in [-0.1, -0.05) is 13.8 Å². The Hall–Kier alpha value is -1.69. The number of hydrogen-bond donors (Lipinski definition) is 1. The Labute approximate surface area is 126 Å². The molecular weight excluding hydrogens is 266 g/mol. The Kier molecular flexibility index (Phi) is 5.50. The number of carbonyl (C=O) groups is 1. The Morgan fingerprint density at radius 2 is 2.00 bits per heavy atom. The molecule has 21 heavy (non-hydrogen) atoms. The van der Waals surface area contributed by atoms with E-state index in [1.54, 1.807) is 18.6 Å². The van der Waals surface area contributed by atoms with Crippen LogP contribution < -0.4 is 10.6 Å². The van der Waals surface area contributed by atoms with Gasteiger partial charge >= 0.3 is 0 Å². The maximum atomic E-state index is 12.5. The summed E-state index contributed by atoms with van der Waals surface area (Å²) < 4.78 is 0. The number of aromatic nitrogens is 2. The average Bonchev–Trinajstić information content (AvgIpc) is 2.53. The molecule has 6 heteroatoms. The zero-order chi connectivity index (χ0) is 15.2. The lowest BCUT2D eigenvalue weighted by Gasteiger charge is -2.37. The van der Waals surface area contributed by atoms with Crippen molar-refractivity contribution in [1.82, 2.24) is 14.9 Å². The van der Waals surface area contributed by atoms with Crippen LogP contribution in [-0.4, -0.2) is 53.5 Å². The van der Waals surface area contributed by atoms with Gasteiger partial charge in [0.1, 0.15) is 5.82 Å². The number of piperazine rings is 1. The topological polar surface area (TPSA) is 75.4 Å². The molecular formula is C15H25N5O. The number of nitrogens with two attached hydrogens (primary N) is 1. The highest BCUT2D eigenvalue weighted by Crippen LogP contribution is 2.17. The standard InChI is InChI=1S/C15H25N5O/c1-12(2)9-13(10-16)15(21)20-7-5-19(6-8-20)14-11-17-3-4-18-14/h3-4,11-13H,5-10,16H2,1-2H3. The highest BCUT2D eigenvalue weighted by molar-refractivity contribution is 5.79. The lowest BCUT2D eigenvalue weighted by Crippen LogP contribution is -2.51. The number of rotatable bonds is 5. The summed E-state index contributed by atoms with van der Waals surface area (Å²) in [6, 6.07) is 0. The number of anilines is 1. The van der Waals surface area contributed by atoms with E-state index >= 15 is 0 Å². The molecule has 6 nitrogen and oxygen atoms in total. The van der Waals surface area contributed by atoms with E-state index in [1.807, 2.05) is 4.90 Å². The monoisotopic (exact) mass is 291 g/mol. The zero-order valence-corrected chi connectivity index (χ0v) is 12.9. The molecule has 1 atom stereocenters. The van der Waals surface area contributed by atoms with Crippen molar-refractivity contribution in [2.75, 3.05) is 37.6 Å². The largest absolute Gasteiger partial charge is 0.352 e. The molecule has 0 aromatic carbocycles. The van der Waals surface area contributed by atoms with Gasteiger partial charge in [-0.3, -0.25) is 9.78 Å². The molecule has 0 bridgehead atoms. The van der Waals surface area contributed by atoms with Crippen molar-refractivity contribution in [3.63, 3.8) is 0 Å². The summed E-state index contributed by atoms with van der Waals surface area (Å²) >= 11 is 0. The molecule has 0 radical (unpaired) electrons. The van der Waals surface area contributed by atoms with Crippen LogP contribution in [0, 0.1) is 11.8 Å². The highest BCUT2D eigenvalue weighted by atomic mass is 16.2. The molecule has 1 aliphatic heterocycles. The predicted molar refractivity (Wildman–Crippen MR) is 82.8 cm³/mol. The first-order chi connectivity index (χ1) is 10.1. The van der Waals surface area contributed by atoms with Gasteiger partial charge in [0.25, 0.3) is 0 Å². The van der Waals surface area contributed by atoms with Crippen molar-refractivity contribution in [1.29, 1.82) is 0 Å².